The number of carbonyl (C=O) groups is 3. The molecule has 0 bridgehead atoms. The van der Waals surface area contributed by atoms with E-state index in [0.29, 0.717) is 16.9 Å². The van der Waals surface area contributed by atoms with Gasteiger partial charge in [0.2, 0.25) is 11.8 Å². The Morgan fingerprint density at radius 1 is 0.844 bits per heavy atom. The van der Waals surface area contributed by atoms with Crippen molar-refractivity contribution in [1.29, 1.82) is 0 Å². The summed E-state index contributed by atoms with van der Waals surface area (Å²) in [6.45, 7) is 4.19. The normalized spacial score (nSPS) is 15.5. The molecule has 0 spiro atoms. The predicted molar refractivity (Wildman–Crippen MR) is 126 cm³/mol. The lowest BCUT2D eigenvalue weighted by atomic mass is 10.1. The van der Waals surface area contributed by atoms with Crippen molar-refractivity contribution in [2.75, 3.05) is 22.1 Å². The monoisotopic (exact) mass is 427 g/mol. The quantitative estimate of drug-likeness (QED) is 0.627. The predicted octanol–water partition coefficient (Wildman–Crippen LogP) is 4.55. The van der Waals surface area contributed by atoms with Crippen molar-refractivity contribution in [2.24, 2.45) is 5.92 Å². The van der Waals surface area contributed by atoms with Crippen molar-refractivity contribution < 1.29 is 14.4 Å². The maximum atomic E-state index is 12.7. The zero-order valence-corrected chi connectivity index (χ0v) is 18.1. The van der Waals surface area contributed by atoms with Crippen LogP contribution >= 0.6 is 0 Å². The Bertz CT molecular complexity index is 1190. The summed E-state index contributed by atoms with van der Waals surface area (Å²) in [6.07, 6.45) is 0.136. The number of amides is 3. The molecule has 3 aromatic carbocycles. The fraction of sp³-hybridized carbons (Fsp3) is 0.192. The highest BCUT2D eigenvalue weighted by atomic mass is 16.2. The summed E-state index contributed by atoms with van der Waals surface area (Å²) in [4.78, 5) is 39.6. The Morgan fingerprint density at radius 3 is 2.12 bits per heavy atom. The van der Waals surface area contributed by atoms with Gasteiger partial charge < -0.3 is 15.5 Å². The number of benzene rings is 3. The topological polar surface area (TPSA) is 78.5 Å². The number of rotatable bonds is 5. The average molecular weight is 428 g/mol. The van der Waals surface area contributed by atoms with Gasteiger partial charge in [-0.15, -0.1) is 0 Å². The van der Waals surface area contributed by atoms with Crippen LogP contribution in [0.25, 0.3) is 0 Å². The van der Waals surface area contributed by atoms with E-state index in [4.69, 9.17) is 0 Å². The maximum Gasteiger partial charge on any atom is 0.255 e. The fourth-order valence-corrected chi connectivity index (χ4v) is 3.84. The number of nitrogens with zero attached hydrogens (tertiary/aromatic N) is 1. The Morgan fingerprint density at radius 2 is 1.47 bits per heavy atom. The van der Waals surface area contributed by atoms with Gasteiger partial charge >= 0.3 is 0 Å². The van der Waals surface area contributed by atoms with Gasteiger partial charge in [-0.25, -0.2) is 0 Å². The van der Waals surface area contributed by atoms with Gasteiger partial charge in [0, 0.05) is 35.6 Å². The summed E-state index contributed by atoms with van der Waals surface area (Å²) in [5.41, 5.74) is 4.59. The summed E-state index contributed by atoms with van der Waals surface area (Å²) >= 11 is 0. The molecule has 1 saturated heterocycles. The number of aryl methyl sites for hydroxylation is 2. The highest BCUT2D eigenvalue weighted by Gasteiger charge is 2.35. The minimum atomic E-state index is -0.451. The van der Waals surface area contributed by atoms with Gasteiger partial charge in [-0.1, -0.05) is 30.3 Å². The third-order valence-electron chi connectivity index (χ3n) is 5.48. The second kappa shape index (κ2) is 9.06. The first kappa shape index (κ1) is 21.3. The minimum Gasteiger partial charge on any atom is -0.326 e. The van der Waals surface area contributed by atoms with Crippen LogP contribution in [-0.4, -0.2) is 24.3 Å². The van der Waals surface area contributed by atoms with Crippen molar-refractivity contribution in [2.45, 2.75) is 20.3 Å². The number of anilines is 3. The van der Waals surface area contributed by atoms with Crippen LogP contribution in [0.1, 0.15) is 27.9 Å². The molecular weight excluding hydrogens is 402 g/mol. The van der Waals surface area contributed by atoms with Gasteiger partial charge in [0.15, 0.2) is 0 Å². The van der Waals surface area contributed by atoms with E-state index in [2.05, 4.69) is 10.6 Å². The molecule has 3 amide bonds. The van der Waals surface area contributed by atoms with Crippen LogP contribution in [0.4, 0.5) is 17.1 Å². The highest BCUT2D eigenvalue weighted by molar-refractivity contribution is 6.07. The lowest BCUT2D eigenvalue weighted by molar-refractivity contribution is -0.122. The smallest absolute Gasteiger partial charge is 0.255 e. The van der Waals surface area contributed by atoms with Crippen molar-refractivity contribution in [3.63, 3.8) is 0 Å². The molecule has 0 radical (unpaired) electrons. The summed E-state index contributed by atoms with van der Waals surface area (Å²) < 4.78 is 0. The van der Waals surface area contributed by atoms with E-state index >= 15 is 0 Å². The largest absolute Gasteiger partial charge is 0.326 e. The summed E-state index contributed by atoms with van der Waals surface area (Å²) in [5, 5.41) is 5.78. The van der Waals surface area contributed by atoms with E-state index in [9.17, 15) is 14.4 Å². The number of carbonyl (C=O) groups excluding carboxylic acids is 3. The van der Waals surface area contributed by atoms with Crippen LogP contribution in [-0.2, 0) is 9.59 Å². The molecule has 3 aromatic rings. The van der Waals surface area contributed by atoms with E-state index in [1.807, 2.05) is 62.4 Å². The molecule has 1 atom stereocenters. The second-order valence-electron chi connectivity index (χ2n) is 8.14. The van der Waals surface area contributed by atoms with Crippen LogP contribution in [0.2, 0.25) is 0 Å². The first-order valence-corrected chi connectivity index (χ1v) is 10.5. The van der Waals surface area contributed by atoms with E-state index in [1.165, 1.54) is 0 Å². The Kier molecular flexibility index (Phi) is 6.03. The summed E-state index contributed by atoms with van der Waals surface area (Å²) in [7, 11) is 0. The van der Waals surface area contributed by atoms with Crippen LogP contribution in [0.3, 0.4) is 0 Å². The molecule has 162 valence electrons. The molecule has 0 aliphatic carbocycles. The lowest BCUT2D eigenvalue weighted by Crippen LogP contribution is -2.28. The molecule has 0 saturated carbocycles. The van der Waals surface area contributed by atoms with Crippen molar-refractivity contribution in [3.05, 3.63) is 89.5 Å². The summed E-state index contributed by atoms with van der Waals surface area (Å²) in [5.74, 6) is -1.02. The highest BCUT2D eigenvalue weighted by Crippen LogP contribution is 2.27. The zero-order chi connectivity index (χ0) is 22.7. The van der Waals surface area contributed by atoms with Gasteiger partial charge in [-0.2, -0.15) is 0 Å². The molecule has 1 heterocycles. The Labute approximate surface area is 187 Å². The van der Waals surface area contributed by atoms with Crippen molar-refractivity contribution in [3.8, 4) is 0 Å². The first-order chi connectivity index (χ1) is 15.4. The molecule has 4 rings (SSSR count). The molecule has 0 unspecified atom stereocenters. The van der Waals surface area contributed by atoms with Crippen LogP contribution in [0.15, 0.2) is 72.8 Å². The van der Waals surface area contributed by atoms with Gasteiger partial charge in [0.25, 0.3) is 5.91 Å². The van der Waals surface area contributed by atoms with Gasteiger partial charge in [-0.3, -0.25) is 14.4 Å². The molecule has 2 N–H and O–H groups in total. The molecule has 6 heteroatoms. The minimum absolute atomic E-state index is 0.134. The zero-order valence-electron chi connectivity index (χ0n) is 18.1. The van der Waals surface area contributed by atoms with E-state index in [-0.39, 0.29) is 30.7 Å². The van der Waals surface area contributed by atoms with Crippen molar-refractivity contribution in [1.82, 2.24) is 0 Å². The Hall–Kier alpha value is -3.93. The second-order valence-corrected chi connectivity index (χ2v) is 8.14. The number of hydrogen-bond donors (Lipinski definition) is 2. The number of hydrogen-bond acceptors (Lipinski definition) is 3. The van der Waals surface area contributed by atoms with Gasteiger partial charge in [0.05, 0.1) is 5.92 Å². The molecule has 1 fully saturated rings. The van der Waals surface area contributed by atoms with E-state index in [1.54, 1.807) is 29.2 Å². The molecule has 6 nitrogen and oxygen atoms in total. The molecule has 1 aliphatic rings. The standard InChI is InChI=1S/C26H25N3O3/c1-17-6-3-9-21(12-17)27-25(31)19-8-5-11-23(14-19)29-16-20(15-24(29)30)26(32)28-22-10-4-7-18(2)13-22/h3-14,20H,15-16H2,1-2H3,(H,27,31)(H,28,32)/t20-/m0/s1. The molecular formula is C26H25N3O3. The lowest BCUT2D eigenvalue weighted by Gasteiger charge is -2.18. The van der Waals surface area contributed by atoms with Crippen LogP contribution < -0.4 is 15.5 Å². The molecule has 32 heavy (non-hydrogen) atoms. The van der Waals surface area contributed by atoms with E-state index < -0.39 is 5.92 Å². The Balaban J connectivity index is 1.45. The van der Waals surface area contributed by atoms with Crippen LogP contribution in [0.5, 0.6) is 0 Å². The maximum absolute atomic E-state index is 12.7. The third-order valence-corrected chi connectivity index (χ3v) is 5.48. The third kappa shape index (κ3) is 4.86. The SMILES string of the molecule is Cc1cccc(NC(=O)c2cccc(N3C[C@@H](C(=O)Nc4cccc(C)c4)CC3=O)c2)c1. The molecule has 1 aliphatic heterocycles. The first-order valence-electron chi connectivity index (χ1n) is 10.5. The fourth-order valence-electron chi connectivity index (χ4n) is 3.84. The van der Waals surface area contributed by atoms with Crippen molar-refractivity contribution >= 4 is 34.8 Å². The van der Waals surface area contributed by atoms with Gasteiger partial charge in [-0.05, 0) is 67.4 Å². The van der Waals surface area contributed by atoms with Crippen LogP contribution in [0, 0.1) is 19.8 Å². The van der Waals surface area contributed by atoms with E-state index in [0.717, 1.165) is 16.8 Å². The average Bonchev–Trinajstić information content (AvgIpc) is 3.16. The molecule has 0 aromatic heterocycles. The number of nitrogens with one attached hydrogen (secondary N) is 2. The van der Waals surface area contributed by atoms with Gasteiger partial charge in [0.1, 0.15) is 0 Å². The summed E-state index contributed by atoms with van der Waals surface area (Å²) in [6, 6.07) is 22.0.